The predicted molar refractivity (Wildman–Crippen MR) is 155 cm³/mol. The molecule has 228 valence electrons. The van der Waals surface area contributed by atoms with Gasteiger partial charge < -0.3 is 18.8 Å². The number of rotatable bonds is 7. The molecule has 0 N–H and O–H groups in total. The first-order valence-electron chi connectivity index (χ1n) is 13.7. The van der Waals surface area contributed by atoms with Crippen molar-refractivity contribution in [2.75, 3.05) is 30.1 Å². The number of fused-ring (bicyclic) bond motifs is 3. The van der Waals surface area contributed by atoms with Gasteiger partial charge in [-0.25, -0.2) is 32.2 Å². The normalized spacial score (nSPS) is 25.6. The fraction of sp³-hybridized carbons (Fsp3) is 0.448. The van der Waals surface area contributed by atoms with Crippen molar-refractivity contribution >= 4 is 55.1 Å². The van der Waals surface area contributed by atoms with E-state index in [1.165, 1.54) is 20.2 Å². The van der Waals surface area contributed by atoms with E-state index in [-0.39, 0.29) is 59.5 Å². The Hall–Kier alpha value is -3.42. The van der Waals surface area contributed by atoms with Gasteiger partial charge in [-0.3, -0.25) is 4.79 Å². The highest BCUT2D eigenvalue weighted by Gasteiger charge is 2.48. The van der Waals surface area contributed by atoms with Gasteiger partial charge in [-0.1, -0.05) is 30.7 Å². The van der Waals surface area contributed by atoms with Gasteiger partial charge in [-0.2, -0.15) is 0 Å². The number of hydrogen-bond donors (Lipinski definition) is 0. The van der Waals surface area contributed by atoms with Crippen LogP contribution in [0, 0.1) is 5.92 Å². The number of ether oxygens (including phenoxy) is 2. The Morgan fingerprint density at radius 3 is 2.72 bits per heavy atom. The summed E-state index contributed by atoms with van der Waals surface area (Å²) in [4.78, 5) is 27.2. The molecule has 5 heterocycles. The SMILES string of the molecule is CO[C@]1(c2cc(Cl)cnc2O[C@H]2C[C@@H](C(C)=O)N(c3nc(C(F)F)nc4c3oc3ccccc34)C2)CCS(=O)(=O)C[C@@H]1C. The van der Waals surface area contributed by atoms with Crippen molar-refractivity contribution in [2.45, 2.75) is 50.9 Å². The lowest BCUT2D eigenvalue weighted by Crippen LogP contribution is -2.46. The number of para-hydroxylation sites is 1. The molecule has 4 aromatic rings. The van der Waals surface area contributed by atoms with E-state index in [0.29, 0.717) is 21.6 Å². The van der Waals surface area contributed by atoms with Crippen LogP contribution in [-0.4, -0.2) is 66.5 Å². The van der Waals surface area contributed by atoms with Crippen molar-refractivity contribution in [1.29, 1.82) is 0 Å². The molecule has 0 unspecified atom stereocenters. The van der Waals surface area contributed by atoms with Gasteiger partial charge in [0.1, 0.15) is 22.8 Å². The number of furan rings is 1. The van der Waals surface area contributed by atoms with E-state index in [9.17, 15) is 22.0 Å². The van der Waals surface area contributed by atoms with Gasteiger partial charge in [0.05, 0.1) is 29.1 Å². The van der Waals surface area contributed by atoms with E-state index in [0.717, 1.165) is 0 Å². The van der Waals surface area contributed by atoms with Crippen molar-refractivity contribution in [1.82, 2.24) is 15.0 Å². The highest BCUT2D eigenvalue weighted by molar-refractivity contribution is 7.91. The van der Waals surface area contributed by atoms with Gasteiger partial charge in [0.2, 0.25) is 5.88 Å². The molecule has 2 fully saturated rings. The molecule has 43 heavy (non-hydrogen) atoms. The Bertz CT molecular complexity index is 1840. The lowest BCUT2D eigenvalue weighted by molar-refractivity contribution is -0.118. The summed E-state index contributed by atoms with van der Waals surface area (Å²) >= 11 is 6.34. The summed E-state index contributed by atoms with van der Waals surface area (Å²) in [5, 5.41) is 0.875. The monoisotopic (exact) mass is 634 g/mol. The van der Waals surface area contributed by atoms with Crippen LogP contribution in [0.5, 0.6) is 5.88 Å². The van der Waals surface area contributed by atoms with Gasteiger partial charge >= 0.3 is 0 Å². The minimum Gasteiger partial charge on any atom is -0.472 e. The number of nitrogens with zero attached hydrogens (tertiary/aromatic N) is 4. The fourth-order valence-corrected chi connectivity index (χ4v) is 8.31. The number of benzene rings is 1. The summed E-state index contributed by atoms with van der Waals surface area (Å²) in [6.07, 6.45) is -1.77. The number of methoxy groups -OCH3 is 1. The second-order valence-electron chi connectivity index (χ2n) is 11.1. The molecule has 0 bridgehead atoms. The van der Waals surface area contributed by atoms with Crippen molar-refractivity contribution in [3.05, 3.63) is 52.9 Å². The van der Waals surface area contributed by atoms with Crippen LogP contribution < -0.4 is 9.64 Å². The van der Waals surface area contributed by atoms with Crippen LogP contribution >= 0.6 is 11.6 Å². The molecule has 0 aliphatic carbocycles. The lowest BCUT2D eigenvalue weighted by Gasteiger charge is -2.42. The average Bonchev–Trinajstić information content (AvgIpc) is 3.55. The maximum absolute atomic E-state index is 14.0. The highest BCUT2D eigenvalue weighted by Crippen LogP contribution is 2.46. The lowest BCUT2D eigenvalue weighted by atomic mass is 9.80. The van der Waals surface area contributed by atoms with E-state index in [1.54, 1.807) is 42.2 Å². The second kappa shape index (κ2) is 10.9. The number of alkyl halides is 2. The Labute approximate surface area is 251 Å². The minimum atomic E-state index is -3.25. The third kappa shape index (κ3) is 5.21. The summed E-state index contributed by atoms with van der Waals surface area (Å²) in [5.74, 6) is -1.21. The summed E-state index contributed by atoms with van der Waals surface area (Å²) < 4.78 is 71.1. The van der Waals surface area contributed by atoms with Crippen LogP contribution in [0.4, 0.5) is 14.6 Å². The van der Waals surface area contributed by atoms with Crippen LogP contribution in [-0.2, 0) is 25.0 Å². The Morgan fingerprint density at radius 2 is 2.02 bits per heavy atom. The molecule has 0 amide bonds. The number of carbonyl (C=O) groups excluding carboxylic acids is 1. The van der Waals surface area contributed by atoms with Crippen molar-refractivity contribution in [3.63, 3.8) is 0 Å². The molecule has 6 rings (SSSR count). The third-order valence-corrected chi connectivity index (χ3v) is 10.5. The molecule has 0 radical (unpaired) electrons. The number of Topliss-reactive ketones (excluding diaryl/α,β-unsaturated/α-hetero) is 1. The Balaban J connectivity index is 1.39. The average molecular weight is 635 g/mol. The number of pyridine rings is 1. The van der Waals surface area contributed by atoms with E-state index in [2.05, 4.69) is 15.0 Å². The molecule has 2 saturated heterocycles. The number of anilines is 1. The Kier molecular flexibility index (Phi) is 7.54. The van der Waals surface area contributed by atoms with Crippen LogP contribution in [0.25, 0.3) is 22.1 Å². The molecule has 4 atom stereocenters. The zero-order valence-corrected chi connectivity index (χ0v) is 25.2. The first kappa shape index (κ1) is 29.6. The zero-order chi connectivity index (χ0) is 30.7. The van der Waals surface area contributed by atoms with Crippen LogP contribution in [0.2, 0.25) is 5.02 Å². The molecule has 10 nitrogen and oxygen atoms in total. The molecule has 0 saturated carbocycles. The summed E-state index contributed by atoms with van der Waals surface area (Å²) in [5.41, 5.74) is 0.348. The first-order chi connectivity index (χ1) is 20.4. The molecular weight excluding hydrogens is 606 g/mol. The molecular formula is C29H29ClF2N4O6S. The number of carbonyl (C=O) groups is 1. The standard InChI is InChI=1S/C29H29ClF2N4O6S/c1-15-14-43(38,39)9-8-29(15,40-3)20-10-17(30)12-33-28(20)41-18-11-21(16(2)37)36(13-18)27-24-23(34-26(35-27)25(31)32)19-6-4-5-7-22(19)42-24/h4-7,10,12,15,18,21,25H,8-9,11,13-14H2,1-3H3/t15-,18-,21-,29+/m0/s1. The molecule has 2 aliphatic rings. The van der Waals surface area contributed by atoms with Crippen LogP contribution in [0.1, 0.15) is 44.5 Å². The molecule has 1 aromatic carbocycles. The summed E-state index contributed by atoms with van der Waals surface area (Å²) in [6, 6.07) is 7.85. The van der Waals surface area contributed by atoms with Gasteiger partial charge in [-0.15, -0.1) is 0 Å². The van der Waals surface area contributed by atoms with E-state index >= 15 is 0 Å². The quantitative estimate of drug-likeness (QED) is 0.265. The predicted octanol–water partition coefficient (Wildman–Crippen LogP) is 5.27. The number of ketones is 1. The summed E-state index contributed by atoms with van der Waals surface area (Å²) in [6.45, 7) is 3.31. The number of halogens is 3. The van der Waals surface area contributed by atoms with Gasteiger partial charge in [0.15, 0.2) is 32.8 Å². The Morgan fingerprint density at radius 1 is 1.26 bits per heavy atom. The van der Waals surface area contributed by atoms with Crippen molar-refractivity contribution in [2.24, 2.45) is 5.92 Å². The summed E-state index contributed by atoms with van der Waals surface area (Å²) in [7, 11) is -1.74. The van der Waals surface area contributed by atoms with Gasteiger partial charge in [-0.05, 0) is 31.5 Å². The molecule has 14 heteroatoms. The third-order valence-electron chi connectivity index (χ3n) is 8.42. The van der Waals surface area contributed by atoms with Gasteiger partial charge in [0.25, 0.3) is 6.43 Å². The fourth-order valence-electron chi connectivity index (χ4n) is 6.34. The zero-order valence-electron chi connectivity index (χ0n) is 23.6. The minimum absolute atomic E-state index is 0.0750. The second-order valence-corrected chi connectivity index (χ2v) is 13.8. The topological polar surface area (TPSA) is 125 Å². The first-order valence-corrected chi connectivity index (χ1v) is 15.9. The van der Waals surface area contributed by atoms with Crippen LogP contribution in [0.15, 0.2) is 40.9 Å². The van der Waals surface area contributed by atoms with Crippen molar-refractivity contribution < 1.29 is 35.9 Å². The van der Waals surface area contributed by atoms with Crippen LogP contribution in [0.3, 0.4) is 0 Å². The number of hydrogen-bond acceptors (Lipinski definition) is 10. The highest BCUT2D eigenvalue weighted by atomic mass is 35.5. The molecule has 3 aromatic heterocycles. The van der Waals surface area contributed by atoms with Crippen molar-refractivity contribution in [3.8, 4) is 5.88 Å². The molecule has 0 spiro atoms. The van der Waals surface area contributed by atoms with Gasteiger partial charge in [0, 0.05) is 36.6 Å². The molecule has 2 aliphatic heterocycles. The maximum Gasteiger partial charge on any atom is 0.297 e. The largest absolute Gasteiger partial charge is 0.472 e. The maximum atomic E-state index is 14.0. The van der Waals surface area contributed by atoms with E-state index < -0.39 is 45.8 Å². The van der Waals surface area contributed by atoms with E-state index in [1.807, 2.05) is 0 Å². The van der Waals surface area contributed by atoms with E-state index in [4.69, 9.17) is 25.5 Å². The number of aromatic nitrogens is 3. The smallest absolute Gasteiger partial charge is 0.297 e. The number of sulfone groups is 1.